The molecule has 4 nitrogen and oxygen atoms in total. The number of nitrogens with one attached hydrogen (secondary N) is 1. The average Bonchev–Trinajstić information content (AvgIpc) is 2.49. The summed E-state index contributed by atoms with van der Waals surface area (Å²) in [6.07, 6.45) is 7.08. The summed E-state index contributed by atoms with van der Waals surface area (Å²) in [4.78, 5) is 12.8. The zero-order chi connectivity index (χ0) is 13.1. The normalized spacial score (nSPS) is 12.5. The fraction of sp³-hybridized carbons (Fsp3) is 0.133. The molecule has 0 spiro atoms. The van der Waals surface area contributed by atoms with Crippen LogP contribution < -0.4 is 5.32 Å². The van der Waals surface area contributed by atoms with Crippen LogP contribution >= 0.6 is 0 Å². The van der Waals surface area contributed by atoms with Crippen molar-refractivity contribution in [1.29, 1.82) is 0 Å². The number of benzene rings is 1. The van der Waals surface area contributed by atoms with Gasteiger partial charge >= 0.3 is 0 Å². The topological polar surface area (TPSA) is 50.7 Å². The van der Waals surface area contributed by atoms with Crippen LogP contribution in [0.15, 0.2) is 55.1 Å². The van der Waals surface area contributed by atoms with Crippen LogP contribution in [-0.2, 0) is 0 Å². The lowest BCUT2D eigenvalue weighted by Gasteiger charge is -2.17. The Morgan fingerprint density at radius 3 is 2.53 bits per heavy atom. The van der Waals surface area contributed by atoms with Gasteiger partial charge in [0.1, 0.15) is 0 Å². The highest BCUT2D eigenvalue weighted by atomic mass is 14.9. The van der Waals surface area contributed by atoms with E-state index in [4.69, 9.17) is 0 Å². The number of nitrogens with zero attached hydrogens (tertiary/aromatic N) is 3. The highest BCUT2D eigenvalue weighted by molar-refractivity contribution is 5.74. The molecule has 0 aliphatic heterocycles. The molecule has 0 saturated heterocycles. The van der Waals surface area contributed by atoms with E-state index in [1.54, 1.807) is 18.6 Å². The second-order valence-corrected chi connectivity index (χ2v) is 4.31. The van der Waals surface area contributed by atoms with Gasteiger partial charge in [-0.1, -0.05) is 12.1 Å². The largest absolute Gasteiger partial charge is 0.309 e. The monoisotopic (exact) mass is 250 g/mol. The highest BCUT2D eigenvalue weighted by Gasteiger charge is 2.12. The van der Waals surface area contributed by atoms with E-state index in [1.807, 2.05) is 25.4 Å². The Hall–Kier alpha value is -2.33. The van der Waals surface area contributed by atoms with Gasteiger partial charge in [-0.15, -0.1) is 0 Å². The first-order valence-corrected chi connectivity index (χ1v) is 6.16. The third kappa shape index (κ3) is 2.30. The van der Waals surface area contributed by atoms with Crippen molar-refractivity contribution < 1.29 is 0 Å². The molecule has 1 aromatic carbocycles. The summed E-state index contributed by atoms with van der Waals surface area (Å²) in [6, 6.07) is 10.3. The molecule has 3 rings (SSSR count). The third-order valence-corrected chi connectivity index (χ3v) is 3.13. The standard InChI is InChI=1S/C15H14N4/c1-16-15(12-3-2-6-17-10-12)11-4-5-13-14(9-11)19-8-7-18-13/h2-10,15-16H,1H3. The molecule has 19 heavy (non-hydrogen) atoms. The van der Waals surface area contributed by atoms with Crippen LogP contribution in [0, 0.1) is 0 Å². The van der Waals surface area contributed by atoms with Crippen molar-refractivity contribution in [2.45, 2.75) is 6.04 Å². The molecule has 3 aromatic rings. The van der Waals surface area contributed by atoms with Crippen molar-refractivity contribution in [3.05, 3.63) is 66.2 Å². The Kier molecular flexibility index (Phi) is 3.16. The number of rotatable bonds is 3. The quantitative estimate of drug-likeness (QED) is 0.775. The summed E-state index contributed by atoms with van der Waals surface area (Å²) in [5.41, 5.74) is 4.10. The minimum Gasteiger partial charge on any atom is -0.309 e. The average molecular weight is 250 g/mol. The first-order chi connectivity index (χ1) is 9.38. The second-order valence-electron chi connectivity index (χ2n) is 4.31. The van der Waals surface area contributed by atoms with Gasteiger partial charge in [-0.05, 0) is 36.4 Å². The SMILES string of the molecule is CNC(c1cccnc1)c1ccc2nccnc2c1. The van der Waals surface area contributed by atoms with Gasteiger partial charge in [0, 0.05) is 24.8 Å². The van der Waals surface area contributed by atoms with Crippen molar-refractivity contribution >= 4 is 11.0 Å². The van der Waals surface area contributed by atoms with Gasteiger partial charge in [0.15, 0.2) is 0 Å². The van der Waals surface area contributed by atoms with Crippen molar-refractivity contribution in [1.82, 2.24) is 20.3 Å². The number of hydrogen-bond donors (Lipinski definition) is 1. The van der Waals surface area contributed by atoms with Crippen molar-refractivity contribution in [3.8, 4) is 0 Å². The van der Waals surface area contributed by atoms with E-state index in [9.17, 15) is 0 Å². The third-order valence-electron chi connectivity index (χ3n) is 3.13. The summed E-state index contributed by atoms with van der Waals surface area (Å²) in [5.74, 6) is 0. The van der Waals surface area contributed by atoms with Crippen molar-refractivity contribution in [2.75, 3.05) is 7.05 Å². The smallest absolute Gasteiger partial charge is 0.0890 e. The molecular weight excluding hydrogens is 236 g/mol. The molecule has 0 radical (unpaired) electrons. The van der Waals surface area contributed by atoms with E-state index in [1.165, 1.54) is 0 Å². The van der Waals surface area contributed by atoms with Crippen molar-refractivity contribution in [2.24, 2.45) is 0 Å². The number of pyridine rings is 1. The van der Waals surface area contributed by atoms with E-state index in [0.29, 0.717) is 0 Å². The summed E-state index contributed by atoms with van der Waals surface area (Å²) in [7, 11) is 1.94. The highest BCUT2D eigenvalue weighted by Crippen LogP contribution is 2.23. The molecule has 4 heteroatoms. The summed E-state index contributed by atoms with van der Waals surface area (Å²) >= 11 is 0. The first-order valence-electron chi connectivity index (χ1n) is 6.16. The van der Waals surface area contributed by atoms with E-state index >= 15 is 0 Å². The summed E-state index contributed by atoms with van der Waals surface area (Å²) in [5, 5.41) is 3.31. The number of aromatic nitrogens is 3. The number of fused-ring (bicyclic) bond motifs is 1. The molecular formula is C15H14N4. The number of hydrogen-bond acceptors (Lipinski definition) is 4. The predicted molar refractivity (Wildman–Crippen MR) is 74.7 cm³/mol. The molecule has 0 saturated carbocycles. The van der Waals surface area contributed by atoms with E-state index in [-0.39, 0.29) is 6.04 Å². The second kappa shape index (κ2) is 5.12. The Labute approximate surface area is 111 Å². The van der Waals surface area contributed by atoms with E-state index in [0.717, 1.165) is 22.2 Å². The molecule has 2 heterocycles. The van der Waals surface area contributed by atoms with Gasteiger partial charge in [-0.2, -0.15) is 0 Å². The molecule has 1 unspecified atom stereocenters. The maximum Gasteiger partial charge on any atom is 0.0890 e. The molecule has 0 amide bonds. The lowest BCUT2D eigenvalue weighted by molar-refractivity contribution is 0.689. The molecule has 0 bridgehead atoms. The molecule has 2 aromatic heterocycles. The first kappa shape index (κ1) is 11.7. The Morgan fingerprint density at radius 2 is 1.79 bits per heavy atom. The van der Waals surface area contributed by atoms with Crippen LogP contribution in [0.2, 0.25) is 0 Å². The van der Waals surface area contributed by atoms with Gasteiger partial charge in [-0.3, -0.25) is 15.0 Å². The minimum absolute atomic E-state index is 0.111. The lowest BCUT2D eigenvalue weighted by atomic mass is 10.00. The zero-order valence-corrected chi connectivity index (χ0v) is 10.6. The zero-order valence-electron chi connectivity index (χ0n) is 10.6. The Bertz CT molecular complexity index is 682. The van der Waals surface area contributed by atoms with Crippen LogP contribution in [0.5, 0.6) is 0 Å². The van der Waals surface area contributed by atoms with Crippen LogP contribution in [0.3, 0.4) is 0 Å². The van der Waals surface area contributed by atoms with Gasteiger partial charge < -0.3 is 5.32 Å². The van der Waals surface area contributed by atoms with Crippen molar-refractivity contribution in [3.63, 3.8) is 0 Å². The van der Waals surface area contributed by atoms with Gasteiger partial charge in [-0.25, -0.2) is 0 Å². The lowest BCUT2D eigenvalue weighted by Crippen LogP contribution is -2.17. The van der Waals surface area contributed by atoms with Crippen LogP contribution in [0.4, 0.5) is 0 Å². The molecule has 94 valence electrons. The van der Waals surface area contributed by atoms with E-state index < -0.39 is 0 Å². The Balaban J connectivity index is 2.06. The van der Waals surface area contributed by atoms with E-state index in [2.05, 4.69) is 38.5 Å². The molecule has 0 aliphatic rings. The Morgan fingerprint density at radius 1 is 0.947 bits per heavy atom. The van der Waals surface area contributed by atoms with Crippen LogP contribution in [0.25, 0.3) is 11.0 Å². The maximum atomic E-state index is 4.35. The van der Waals surface area contributed by atoms with Gasteiger partial charge in [0.2, 0.25) is 0 Å². The van der Waals surface area contributed by atoms with Gasteiger partial charge in [0.05, 0.1) is 17.1 Å². The van der Waals surface area contributed by atoms with Crippen LogP contribution in [0.1, 0.15) is 17.2 Å². The fourth-order valence-corrected chi connectivity index (χ4v) is 2.23. The summed E-state index contributed by atoms with van der Waals surface area (Å²) in [6.45, 7) is 0. The fourth-order valence-electron chi connectivity index (χ4n) is 2.23. The molecule has 0 fully saturated rings. The molecule has 1 N–H and O–H groups in total. The van der Waals surface area contributed by atoms with Crippen LogP contribution in [-0.4, -0.2) is 22.0 Å². The maximum absolute atomic E-state index is 4.35. The molecule has 1 atom stereocenters. The molecule has 0 aliphatic carbocycles. The van der Waals surface area contributed by atoms with Gasteiger partial charge in [0.25, 0.3) is 0 Å². The predicted octanol–water partition coefficient (Wildman–Crippen LogP) is 2.33. The minimum atomic E-state index is 0.111. The summed E-state index contributed by atoms with van der Waals surface area (Å²) < 4.78 is 0.